The molecule has 0 aromatic heterocycles. The predicted octanol–water partition coefficient (Wildman–Crippen LogP) is -0.818. The zero-order valence-electron chi connectivity index (χ0n) is 4.42. The molecule has 0 bridgehead atoms. The van der Waals surface area contributed by atoms with Crippen LogP contribution in [0.4, 0.5) is 0 Å². The van der Waals surface area contributed by atoms with Crippen LogP contribution in [0, 0.1) is 0 Å². The fourth-order valence-electron chi connectivity index (χ4n) is 0. The van der Waals surface area contributed by atoms with Crippen LogP contribution in [0.3, 0.4) is 0 Å². The van der Waals surface area contributed by atoms with E-state index in [4.69, 9.17) is 15.2 Å². The molecule has 3 nitrogen and oxygen atoms in total. The van der Waals surface area contributed by atoms with E-state index in [1.54, 1.807) is 0 Å². The van der Waals surface area contributed by atoms with Crippen molar-refractivity contribution in [3.8, 4) is 0 Å². The Morgan fingerprint density at radius 2 is 2.00 bits per heavy atom. The zero-order valence-corrected chi connectivity index (χ0v) is 7.58. The molecule has 1 atom stereocenters. The molecule has 1 unspecified atom stereocenters. The summed E-state index contributed by atoms with van der Waals surface area (Å²) in [4.78, 5) is 7.10. The monoisotopic (exact) mass is 133 g/mol. The first-order valence-electron chi connectivity index (χ1n) is 2.11. The predicted molar refractivity (Wildman–Crippen MR) is 32.2 cm³/mol. The van der Waals surface area contributed by atoms with Crippen molar-refractivity contribution in [1.29, 1.82) is 0 Å². The number of hydrogen-bond donors (Lipinski definition) is 2. The molecule has 5 heteroatoms. The summed E-state index contributed by atoms with van der Waals surface area (Å²) in [5.74, 6) is 0. The molecule has 40 valence electrons. The van der Waals surface area contributed by atoms with Crippen LogP contribution in [0.2, 0.25) is 3.67 Å². The first-order chi connectivity index (χ1) is 3.33. The number of rotatable bonds is 1. The molecular weight excluding hydrogens is 124 g/mol. The van der Waals surface area contributed by atoms with Crippen LogP contribution in [0.15, 0.2) is 0 Å². The quantitative estimate of drug-likeness (QED) is 0.363. The molecule has 0 aliphatic heterocycles. The summed E-state index contributed by atoms with van der Waals surface area (Å²) in [7, 11) is -1.50. The summed E-state index contributed by atoms with van der Waals surface area (Å²) in [6.45, 7) is 0.881. The van der Waals surface area contributed by atoms with Crippen molar-refractivity contribution in [2.45, 2.75) is 3.67 Å². The third-order valence-electron chi connectivity index (χ3n) is 0.289. The second-order valence-corrected chi connectivity index (χ2v) is 2.10. The van der Waals surface area contributed by atoms with E-state index in [-0.39, 0.29) is 0 Å². The molecule has 0 aromatic carbocycles. The minimum atomic E-state index is -1.50. The second-order valence-electron chi connectivity index (χ2n) is 0.894. The molecule has 0 saturated carbocycles. The van der Waals surface area contributed by atoms with Crippen LogP contribution in [-0.2, 0) is 4.57 Å². The molecule has 0 radical (unpaired) electrons. The van der Waals surface area contributed by atoms with Gasteiger partial charge in [-0.15, -0.1) is 0 Å². The Labute approximate surface area is 62.0 Å². The van der Waals surface area contributed by atoms with Gasteiger partial charge in [0.05, 0.1) is 0 Å². The molecule has 0 amide bonds. The van der Waals surface area contributed by atoms with Gasteiger partial charge in [-0.25, -0.2) is 0 Å². The van der Waals surface area contributed by atoms with E-state index in [1.807, 2.05) is 0 Å². The van der Waals surface area contributed by atoms with Gasteiger partial charge in [0.15, 0.2) is 8.69 Å². The van der Waals surface area contributed by atoms with Crippen molar-refractivity contribution in [3.63, 3.8) is 0 Å². The van der Waals surface area contributed by atoms with Crippen LogP contribution in [-0.4, -0.2) is 39.4 Å². The zero-order chi connectivity index (χ0) is 6.12. The van der Waals surface area contributed by atoms with E-state index in [2.05, 4.69) is 0 Å². The normalized spacial score (nSPS) is 8.57. The molecule has 0 aromatic rings. The number of nitrogens with two attached hydrogens (primary N) is 1. The molecule has 0 aliphatic carbocycles. The third kappa shape index (κ3) is 41.0. The molecule has 0 aliphatic rings. The summed E-state index contributed by atoms with van der Waals surface area (Å²) in [6.07, 6.45) is 0. The van der Waals surface area contributed by atoms with Gasteiger partial charge in [0.1, 0.15) is 0 Å². The van der Waals surface area contributed by atoms with Gasteiger partial charge >= 0.3 is 43.9 Å². The Kier molecular flexibility index (Phi) is 24.7. The summed E-state index contributed by atoms with van der Waals surface area (Å²) < 4.78 is 9.81. The van der Waals surface area contributed by atoms with Gasteiger partial charge in [-0.3, -0.25) is 4.57 Å². The van der Waals surface area contributed by atoms with E-state index in [0.29, 0.717) is 0 Å². The smallest absolute Gasteiger partial charge is 0.177 e. The maximum absolute atomic E-state index is 8.57. The minimum absolute atomic E-state index is 0.881. The first-order valence-corrected chi connectivity index (χ1v) is 4.51. The van der Waals surface area contributed by atoms with Crippen LogP contribution >= 0.6 is 8.69 Å². The van der Waals surface area contributed by atoms with Gasteiger partial charge in [0, 0.05) is 0 Å². The molecule has 7 heavy (non-hydrogen) atoms. The Hall–Kier alpha value is 1.15. The summed E-state index contributed by atoms with van der Waals surface area (Å²) in [5, 5.41) is 0. The van der Waals surface area contributed by atoms with Gasteiger partial charge < -0.3 is 4.89 Å². The standard InChI is InChI=1S/C2H6N.Na.H3O2P/c1-2-3;;1-3-2/h1-3H2;;3H2,(H,1,2). The van der Waals surface area contributed by atoms with Gasteiger partial charge in [0.25, 0.3) is 0 Å². The average molecular weight is 133 g/mol. The molecular formula is C2H9NNaO2P. The van der Waals surface area contributed by atoms with Crippen molar-refractivity contribution >= 4 is 36.6 Å². The van der Waals surface area contributed by atoms with Crippen molar-refractivity contribution in [3.05, 3.63) is 0 Å². The fourth-order valence-corrected chi connectivity index (χ4v) is 0. The fraction of sp³-hybridized carbons (Fsp3) is 1.00. The minimum Gasteiger partial charge on any atom is -0.348 e. The topological polar surface area (TPSA) is 63.3 Å². The molecule has 0 fully saturated rings. The Bertz CT molecular complexity index is 34.9. The molecule has 0 saturated heterocycles. The van der Waals surface area contributed by atoms with Crippen molar-refractivity contribution in [1.82, 2.24) is 0 Å². The van der Waals surface area contributed by atoms with Crippen LogP contribution in [0.1, 0.15) is 0 Å². The summed E-state index contributed by atoms with van der Waals surface area (Å²) >= 11 is 1.26. The van der Waals surface area contributed by atoms with Gasteiger partial charge in [-0.05, 0) is 0 Å². The van der Waals surface area contributed by atoms with Crippen LogP contribution in [0.5, 0.6) is 0 Å². The molecule has 0 heterocycles. The van der Waals surface area contributed by atoms with Gasteiger partial charge in [-0.1, -0.05) is 0 Å². The SMILES string of the molecule is NC[CH2][Na].O=[PH2]O. The van der Waals surface area contributed by atoms with E-state index in [0.717, 1.165) is 6.54 Å². The van der Waals surface area contributed by atoms with E-state index >= 15 is 0 Å². The molecule has 0 spiro atoms. The van der Waals surface area contributed by atoms with Gasteiger partial charge in [0.2, 0.25) is 0 Å². The Morgan fingerprint density at radius 3 is 2.00 bits per heavy atom. The van der Waals surface area contributed by atoms with Crippen molar-refractivity contribution < 1.29 is 9.46 Å². The van der Waals surface area contributed by atoms with Crippen molar-refractivity contribution in [2.75, 3.05) is 6.54 Å². The maximum atomic E-state index is 8.57. The average Bonchev–Trinajstić information content (AvgIpc) is 1.69. The summed E-state index contributed by atoms with van der Waals surface area (Å²) in [6, 6.07) is 0. The van der Waals surface area contributed by atoms with E-state index in [1.165, 1.54) is 31.6 Å². The molecule has 0 rings (SSSR count). The third-order valence-corrected chi connectivity index (χ3v) is 0.866. The van der Waals surface area contributed by atoms with E-state index < -0.39 is 8.69 Å². The first kappa shape index (κ1) is 11.0. The van der Waals surface area contributed by atoms with Crippen molar-refractivity contribution in [2.24, 2.45) is 5.73 Å². The second kappa shape index (κ2) is 15.7. The Balaban J connectivity index is 0. The number of hydrogen-bond acceptors (Lipinski definition) is 2. The van der Waals surface area contributed by atoms with Gasteiger partial charge in [-0.2, -0.15) is 0 Å². The van der Waals surface area contributed by atoms with Crippen LogP contribution in [0.25, 0.3) is 0 Å². The Morgan fingerprint density at radius 1 is 1.86 bits per heavy atom. The largest absolute Gasteiger partial charge is 0.348 e. The maximum Gasteiger partial charge on any atom is 0.177 e. The molecule has 3 N–H and O–H groups in total. The van der Waals surface area contributed by atoms with E-state index in [9.17, 15) is 0 Å². The summed E-state index contributed by atoms with van der Waals surface area (Å²) in [5.41, 5.74) is 5.06. The van der Waals surface area contributed by atoms with Crippen LogP contribution < -0.4 is 5.73 Å².